The number of aromatic nitrogens is 3. The Kier molecular flexibility index (Phi) is 6.41. The second kappa shape index (κ2) is 10.1. The molecule has 7 heteroatoms. The number of halogens is 1. The van der Waals surface area contributed by atoms with Crippen LogP contribution in [0.5, 0.6) is 5.88 Å². The van der Waals surface area contributed by atoms with E-state index in [0.717, 1.165) is 59.8 Å². The third kappa shape index (κ3) is 4.12. The third-order valence-corrected chi connectivity index (χ3v) is 12.7. The monoisotopic (exact) mass is 605 g/mol. The SMILES string of the molecule is CC12Cc3cnn(-c4ccc(F)cc4)c3C=C1CCC1C2C(O)CC2(C)C1CCC2(C)C(=O)COc1nccc2ccccc12. The summed E-state index contributed by atoms with van der Waals surface area (Å²) in [6.07, 6.45) is 10.6. The molecule has 3 saturated carbocycles. The number of nitrogens with zero attached hydrogens (tertiary/aromatic N) is 3. The minimum absolute atomic E-state index is 0.0184. The van der Waals surface area contributed by atoms with E-state index in [1.165, 1.54) is 17.7 Å². The highest BCUT2D eigenvalue weighted by Gasteiger charge is 2.67. The quantitative estimate of drug-likeness (QED) is 0.257. The van der Waals surface area contributed by atoms with E-state index in [-0.39, 0.29) is 35.0 Å². The summed E-state index contributed by atoms with van der Waals surface area (Å²) in [4.78, 5) is 18.5. The summed E-state index contributed by atoms with van der Waals surface area (Å²) < 4.78 is 21.6. The number of benzene rings is 2. The van der Waals surface area contributed by atoms with Gasteiger partial charge in [0, 0.05) is 17.0 Å². The molecule has 0 bridgehead atoms. The lowest BCUT2D eigenvalue weighted by molar-refractivity contribution is -0.158. The van der Waals surface area contributed by atoms with Gasteiger partial charge in [-0.05, 0) is 121 Å². The normalized spacial score (nSPS) is 33.5. The molecule has 0 saturated heterocycles. The molecule has 4 aliphatic carbocycles. The van der Waals surface area contributed by atoms with Crippen molar-refractivity contribution in [2.45, 2.75) is 65.4 Å². The Balaban J connectivity index is 1.05. The molecule has 7 atom stereocenters. The third-order valence-electron chi connectivity index (χ3n) is 12.7. The number of carbonyl (C=O) groups is 1. The fourth-order valence-corrected chi connectivity index (χ4v) is 10.2. The smallest absolute Gasteiger partial charge is 0.221 e. The molecule has 8 rings (SSSR count). The van der Waals surface area contributed by atoms with Crippen LogP contribution in [0.25, 0.3) is 22.5 Å². The average Bonchev–Trinajstić information content (AvgIpc) is 3.55. The molecule has 4 aliphatic rings. The summed E-state index contributed by atoms with van der Waals surface area (Å²) >= 11 is 0. The van der Waals surface area contributed by atoms with Crippen LogP contribution in [0.4, 0.5) is 4.39 Å². The number of hydrogen-bond donors (Lipinski definition) is 1. The largest absolute Gasteiger partial charge is 0.469 e. The standard InChI is InChI=1S/C38H40FN3O3/c1-36-19-24-21-41-42(27-11-9-26(39)10-12-27)31(24)18-25(36)8-13-29-30-14-16-37(2,38(30,3)20-32(43)34(29)36)33(44)22-45-35-28-7-5-4-6-23(28)15-17-40-35/h4-7,9-12,15,17-18,21,29-30,32,34,43H,8,13-14,16,19-20,22H2,1-3H3. The van der Waals surface area contributed by atoms with Crippen molar-refractivity contribution in [3.63, 3.8) is 0 Å². The van der Waals surface area contributed by atoms with Crippen molar-refractivity contribution in [2.75, 3.05) is 6.61 Å². The van der Waals surface area contributed by atoms with Crippen LogP contribution in [0.3, 0.4) is 0 Å². The van der Waals surface area contributed by atoms with Gasteiger partial charge in [0.2, 0.25) is 5.88 Å². The first-order valence-corrected chi connectivity index (χ1v) is 16.3. The lowest BCUT2D eigenvalue weighted by atomic mass is 9.44. The summed E-state index contributed by atoms with van der Waals surface area (Å²) in [6.45, 7) is 6.70. The summed E-state index contributed by atoms with van der Waals surface area (Å²) in [7, 11) is 0. The number of rotatable bonds is 5. The highest BCUT2D eigenvalue weighted by Crippen LogP contribution is 2.70. The van der Waals surface area contributed by atoms with E-state index in [4.69, 9.17) is 9.84 Å². The van der Waals surface area contributed by atoms with E-state index >= 15 is 0 Å². The number of pyridine rings is 1. The minimum atomic E-state index is -0.582. The van der Waals surface area contributed by atoms with Gasteiger partial charge in [-0.3, -0.25) is 4.79 Å². The molecule has 0 radical (unpaired) electrons. The Bertz CT molecular complexity index is 1840. The van der Waals surface area contributed by atoms with Gasteiger partial charge >= 0.3 is 0 Å². The minimum Gasteiger partial charge on any atom is -0.469 e. The maximum absolute atomic E-state index is 14.1. The van der Waals surface area contributed by atoms with Crippen LogP contribution in [0.2, 0.25) is 0 Å². The van der Waals surface area contributed by atoms with Crippen molar-refractivity contribution in [3.8, 4) is 11.6 Å². The predicted octanol–water partition coefficient (Wildman–Crippen LogP) is 7.37. The predicted molar refractivity (Wildman–Crippen MR) is 171 cm³/mol. The number of hydrogen-bond acceptors (Lipinski definition) is 5. The molecule has 2 aromatic carbocycles. The van der Waals surface area contributed by atoms with E-state index in [9.17, 15) is 14.3 Å². The number of Topliss-reactive ketones (excluding diaryl/α,β-unsaturated/α-hetero) is 1. The van der Waals surface area contributed by atoms with E-state index in [0.29, 0.717) is 24.1 Å². The van der Waals surface area contributed by atoms with Crippen molar-refractivity contribution >= 4 is 22.6 Å². The molecule has 7 unspecified atom stereocenters. The van der Waals surface area contributed by atoms with Gasteiger partial charge in [0.1, 0.15) is 12.4 Å². The molecule has 232 valence electrons. The molecule has 2 aromatic heterocycles. The van der Waals surface area contributed by atoms with Gasteiger partial charge in [-0.25, -0.2) is 14.1 Å². The van der Waals surface area contributed by atoms with Crippen molar-refractivity contribution in [2.24, 2.45) is 34.0 Å². The number of aliphatic hydroxyl groups excluding tert-OH is 1. The number of ether oxygens (including phenoxy) is 1. The van der Waals surface area contributed by atoms with Gasteiger partial charge in [0.15, 0.2) is 5.78 Å². The van der Waals surface area contributed by atoms with Gasteiger partial charge in [-0.1, -0.05) is 44.5 Å². The molecule has 0 aliphatic heterocycles. The molecule has 1 N–H and O–H groups in total. The topological polar surface area (TPSA) is 77.2 Å². The maximum Gasteiger partial charge on any atom is 0.221 e. The first-order chi connectivity index (χ1) is 21.6. The molecule has 4 aromatic rings. The van der Waals surface area contributed by atoms with Gasteiger partial charge < -0.3 is 9.84 Å². The van der Waals surface area contributed by atoms with E-state index in [1.807, 2.05) is 41.2 Å². The molecule has 45 heavy (non-hydrogen) atoms. The second-order valence-corrected chi connectivity index (χ2v) is 14.7. The fraction of sp³-hybridized carbons (Fsp3) is 0.447. The highest BCUT2D eigenvalue weighted by atomic mass is 19.1. The van der Waals surface area contributed by atoms with Crippen LogP contribution < -0.4 is 4.74 Å². The van der Waals surface area contributed by atoms with Gasteiger partial charge in [-0.2, -0.15) is 5.10 Å². The summed E-state index contributed by atoms with van der Waals surface area (Å²) in [5.41, 5.74) is 3.36. The Hall–Kier alpha value is -3.84. The molecule has 2 heterocycles. The number of aliphatic hydroxyl groups is 1. The van der Waals surface area contributed by atoms with Crippen molar-refractivity contribution in [3.05, 3.63) is 89.6 Å². The Labute approximate surface area is 263 Å². The fourth-order valence-electron chi connectivity index (χ4n) is 10.2. The van der Waals surface area contributed by atoms with Crippen LogP contribution >= 0.6 is 0 Å². The van der Waals surface area contributed by atoms with Crippen molar-refractivity contribution < 1.29 is 19.0 Å². The molecule has 0 spiro atoms. The zero-order valence-electron chi connectivity index (χ0n) is 26.2. The van der Waals surface area contributed by atoms with Crippen LogP contribution in [0.15, 0.2) is 72.6 Å². The Morgan fingerprint density at radius 1 is 1.09 bits per heavy atom. The van der Waals surface area contributed by atoms with Crippen molar-refractivity contribution in [1.82, 2.24) is 14.8 Å². The van der Waals surface area contributed by atoms with Gasteiger partial charge in [-0.15, -0.1) is 0 Å². The molecular weight excluding hydrogens is 565 g/mol. The first kappa shape index (κ1) is 28.6. The highest BCUT2D eigenvalue weighted by molar-refractivity contribution is 5.89. The van der Waals surface area contributed by atoms with Crippen LogP contribution in [0, 0.1) is 39.8 Å². The second-order valence-electron chi connectivity index (χ2n) is 14.7. The van der Waals surface area contributed by atoms with E-state index in [1.54, 1.807) is 18.3 Å². The lowest BCUT2D eigenvalue weighted by Crippen LogP contribution is -2.59. The van der Waals surface area contributed by atoms with Gasteiger partial charge in [0.05, 0.1) is 23.7 Å². The number of allylic oxidation sites excluding steroid dienone is 1. The zero-order chi connectivity index (χ0) is 31.1. The van der Waals surface area contributed by atoms with Crippen LogP contribution in [-0.2, 0) is 11.2 Å². The lowest BCUT2D eigenvalue weighted by Gasteiger charge is -2.61. The first-order valence-electron chi connectivity index (χ1n) is 16.3. The molecule has 3 fully saturated rings. The van der Waals surface area contributed by atoms with Crippen molar-refractivity contribution in [1.29, 1.82) is 0 Å². The Morgan fingerprint density at radius 3 is 2.71 bits per heavy atom. The average molecular weight is 606 g/mol. The maximum atomic E-state index is 14.1. The molecule has 0 amide bonds. The van der Waals surface area contributed by atoms with Gasteiger partial charge in [0.25, 0.3) is 0 Å². The molecular formula is C38H40FN3O3. The zero-order valence-corrected chi connectivity index (χ0v) is 26.2. The van der Waals surface area contributed by atoms with Crippen LogP contribution in [0.1, 0.15) is 64.1 Å². The number of fused-ring (bicyclic) bond motifs is 7. The number of carbonyl (C=O) groups excluding carboxylic acids is 1. The van der Waals surface area contributed by atoms with E-state index in [2.05, 4.69) is 31.8 Å². The summed E-state index contributed by atoms with van der Waals surface area (Å²) in [5, 5.41) is 18.7. The number of ketones is 1. The van der Waals surface area contributed by atoms with Crippen LogP contribution in [-0.4, -0.2) is 38.4 Å². The van der Waals surface area contributed by atoms with E-state index < -0.39 is 11.5 Å². The summed E-state index contributed by atoms with van der Waals surface area (Å²) in [6, 6.07) is 16.3. The Morgan fingerprint density at radius 2 is 1.89 bits per heavy atom. The summed E-state index contributed by atoms with van der Waals surface area (Å²) in [5.74, 6) is 1.15. The molecule has 6 nitrogen and oxygen atoms in total.